The normalized spacial score (nSPS) is 24.9. The molecule has 2 atom stereocenters. The number of rotatable bonds is 2. The van der Waals surface area contributed by atoms with Gasteiger partial charge in [-0.05, 0) is 65.6 Å². The van der Waals surface area contributed by atoms with Crippen LogP contribution in [0.4, 0.5) is 0 Å². The lowest BCUT2D eigenvalue weighted by atomic mass is 9.80. The number of Topliss-reactive ketones (excluding diaryl/α,β-unsaturated/α-hetero) is 1. The molecule has 1 unspecified atom stereocenters. The zero-order chi connectivity index (χ0) is 16.0. The van der Waals surface area contributed by atoms with Crippen LogP contribution in [0.15, 0.2) is 16.7 Å². The van der Waals surface area contributed by atoms with E-state index in [1.54, 1.807) is 0 Å². The molecule has 1 fully saturated rings. The summed E-state index contributed by atoms with van der Waals surface area (Å²) in [5.74, 6) is 0.709. The van der Waals surface area contributed by atoms with Crippen molar-refractivity contribution in [3.05, 3.63) is 27.9 Å². The third kappa shape index (κ3) is 2.45. The highest BCUT2D eigenvalue weighted by Crippen LogP contribution is 2.42. The van der Waals surface area contributed by atoms with Crippen molar-refractivity contribution < 1.29 is 9.53 Å². The van der Waals surface area contributed by atoms with Crippen LogP contribution >= 0.6 is 15.9 Å². The average molecular weight is 377 g/mol. The van der Waals surface area contributed by atoms with Crippen LogP contribution in [0.1, 0.15) is 73.5 Å². The molecule has 1 aliphatic heterocycles. The number of ketones is 1. The number of aromatic nitrogens is 2. The first-order valence-corrected chi connectivity index (χ1v) is 9.34. The Labute approximate surface area is 144 Å². The molecule has 0 saturated carbocycles. The predicted molar refractivity (Wildman–Crippen MR) is 92.9 cm³/mol. The van der Waals surface area contributed by atoms with Crippen molar-refractivity contribution in [3.8, 4) is 0 Å². The number of benzene rings is 1. The first-order valence-electron chi connectivity index (χ1n) is 8.55. The maximum Gasteiger partial charge on any atom is 0.163 e. The number of hydrogen-bond acceptors (Lipinski definition) is 3. The quantitative estimate of drug-likeness (QED) is 0.742. The number of carbonyl (C=O) groups is 1. The highest BCUT2D eigenvalue weighted by atomic mass is 79.9. The smallest absolute Gasteiger partial charge is 0.163 e. The topological polar surface area (TPSA) is 44.1 Å². The number of halogens is 1. The van der Waals surface area contributed by atoms with Gasteiger partial charge in [0.15, 0.2) is 12.0 Å². The molecule has 2 heterocycles. The summed E-state index contributed by atoms with van der Waals surface area (Å²) in [6.45, 7) is 2.98. The maximum atomic E-state index is 12.5. The van der Waals surface area contributed by atoms with Crippen molar-refractivity contribution in [3.63, 3.8) is 0 Å². The molecule has 0 amide bonds. The Morgan fingerprint density at radius 2 is 2.26 bits per heavy atom. The number of hydrogen-bond donors (Lipinski definition) is 0. The summed E-state index contributed by atoms with van der Waals surface area (Å²) in [5.41, 5.74) is 3.06. The van der Waals surface area contributed by atoms with E-state index in [9.17, 15) is 4.79 Å². The number of nitrogens with zero attached hydrogens (tertiary/aromatic N) is 2. The summed E-state index contributed by atoms with van der Waals surface area (Å²) in [5, 5.41) is 5.67. The summed E-state index contributed by atoms with van der Waals surface area (Å²) in [4.78, 5) is 12.5. The fraction of sp³-hybridized carbons (Fsp3) is 0.556. The van der Waals surface area contributed by atoms with E-state index in [0.29, 0.717) is 12.3 Å². The van der Waals surface area contributed by atoms with Gasteiger partial charge in [-0.1, -0.05) is 6.92 Å². The van der Waals surface area contributed by atoms with E-state index >= 15 is 0 Å². The third-order valence-corrected chi connectivity index (χ3v) is 6.08. The van der Waals surface area contributed by atoms with Gasteiger partial charge >= 0.3 is 0 Å². The zero-order valence-corrected chi connectivity index (χ0v) is 14.9. The first-order chi connectivity index (χ1) is 11.2. The van der Waals surface area contributed by atoms with Gasteiger partial charge in [-0.25, -0.2) is 4.68 Å². The number of carbonyl (C=O) groups excluding carboxylic acids is 1. The van der Waals surface area contributed by atoms with Crippen LogP contribution in [-0.2, 0) is 4.74 Å². The molecule has 0 radical (unpaired) electrons. The molecule has 1 saturated heterocycles. The van der Waals surface area contributed by atoms with E-state index in [2.05, 4.69) is 28.0 Å². The highest BCUT2D eigenvalue weighted by molar-refractivity contribution is 9.10. The van der Waals surface area contributed by atoms with Crippen molar-refractivity contribution in [2.24, 2.45) is 0 Å². The minimum atomic E-state index is -0.00753. The van der Waals surface area contributed by atoms with Gasteiger partial charge in [0.2, 0.25) is 0 Å². The van der Waals surface area contributed by atoms with E-state index in [1.165, 1.54) is 5.56 Å². The minimum absolute atomic E-state index is 0.00753. The van der Waals surface area contributed by atoms with Gasteiger partial charge in [0.1, 0.15) is 0 Å². The van der Waals surface area contributed by atoms with Crippen LogP contribution in [-0.4, -0.2) is 22.2 Å². The first kappa shape index (κ1) is 15.3. The Morgan fingerprint density at radius 1 is 1.39 bits per heavy atom. The van der Waals surface area contributed by atoms with Crippen LogP contribution in [0.2, 0.25) is 0 Å². The third-order valence-electron chi connectivity index (χ3n) is 5.23. The molecule has 5 heteroatoms. The van der Waals surface area contributed by atoms with Crippen molar-refractivity contribution in [1.29, 1.82) is 0 Å². The SMILES string of the molecule is CC[C@@H]1CCC(=O)c2cc3c(cnn3C3CCCCO3)c(Br)c21. The lowest BCUT2D eigenvalue weighted by Gasteiger charge is -2.27. The molecule has 1 aromatic carbocycles. The lowest BCUT2D eigenvalue weighted by molar-refractivity contribution is -0.0366. The van der Waals surface area contributed by atoms with E-state index in [4.69, 9.17) is 4.74 Å². The lowest BCUT2D eigenvalue weighted by Crippen LogP contribution is -2.20. The second kappa shape index (κ2) is 6.02. The van der Waals surface area contributed by atoms with E-state index in [0.717, 1.165) is 59.7 Å². The van der Waals surface area contributed by atoms with E-state index in [-0.39, 0.29) is 12.0 Å². The molecule has 1 aromatic heterocycles. The van der Waals surface area contributed by atoms with Crippen LogP contribution in [0.3, 0.4) is 0 Å². The van der Waals surface area contributed by atoms with Gasteiger partial charge in [0.25, 0.3) is 0 Å². The molecular weight excluding hydrogens is 356 g/mol. The number of fused-ring (bicyclic) bond motifs is 2. The molecule has 4 rings (SSSR count). The molecule has 0 spiro atoms. The zero-order valence-electron chi connectivity index (χ0n) is 13.3. The fourth-order valence-corrected chi connectivity index (χ4v) is 4.77. The summed E-state index contributed by atoms with van der Waals surface area (Å²) < 4.78 is 8.89. The summed E-state index contributed by atoms with van der Waals surface area (Å²) in [6.07, 6.45) is 7.82. The molecule has 2 aliphatic rings. The van der Waals surface area contributed by atoms with Gasteiger partial charge in [-0.3, -0.25) is 4.79 Å². The highest BCUT2D eigenvalue weighted by Gasteiger charge is 2.30. The van der Waals surface area contributed by atoms with E-state index in [1.807, 2.05) is 16.9 Å². The van der Waals surface area contributed by atoms with Crippen molar-refractivity contribution in [2.45, 2.75) is 57.6 Å². The van der Waals surface area contributed by atoms with Gasteiger partial charge in [-0.15, -0.1) is 0 Å². The Morgan fingerprint density at radius 3 is 3.00 bits per heavy atom. The van der Waals surface area contributed by atoms with E-state index < -0.39 is 0 Å². The monoisotopic (exact) mass is 376 g/mol. The van der Waals surface area contributed by atoms with Crippen LogP contribution in [0, 0.1) is 0 Å². The average Bonchev–Trinajstić information content (AvgIpc) is 3.01. The predicted octanol–water partition coefficient (Wildman–Crippen LogP) is 4.97. The van der Waals surface area contributed by atoms with Crippen LogP contribution in [0.5, 0.6) is 0 Å². The van der Waals surface area contributed by atoms with Crippen molar-refractivity contribution >= 4 is 32.6 Å². The molecule has 0 N–H and O–H groups in total. The summed E-state index contributed by atoms with van der Waals surface area (Å²) in [6, 6.07) is 2.05. The largest absolute Gasteiger partial charge is 0.356 e. The second-order valence-electron chi connectivity index (χ2n) is 6.56. The van der Waals surface area contributed by atoms with Crippen molar-refractivity contribution in [1.82, 2.24) is 9.78 Å². The minimum Gasteiger partial charge on any atom is -0.356 e. The molecule has 23 heavy (non-hydrogen) atoms. The molecular formula is C18H21BrN2O2. The molecule has 122 valence electrons. The second-order valence-corrected chi connectivity index (χ2v) is 7.35. The van der Waals surface area contributed by atoms with Crippen LogP contribution in [0.25, 0.3) is 10.9 Å². The maximum absolute atomic E-state index is 12.5. The van der Waals surface area contributed by atoms with Crippen molar-refractivity contribution in [2.75, 3.05) is 6.61 Å². The standard InChI is InChI=1S/C18H21BrN2O2/c1-2-11-6-7-15(22)12-9-14-13(18(19)17(11)12)10-20-21(14)16-5-3-4-8-23-16/h9-11,16H,2-8H2,1H3/t11-,16?/m1/s1. The summed E-state index contributed by atoms with van der Waals surface area (Å²) >= 11 is 3.77. The Bertz CT molecular complexity index is 762. The Hall–Kier alpha value is -1.20. The van der Waals surface area contributed by atoms with Gasteiger partial charge < -0.3 is 4.74 Å². The van der Waals surface area contributed by atoms with Crippen LogP contribution < -0.4 is 0 Å². The summed E-state index contributed by atoms with van der Waals surface area (Å²) in [7, 11) is 0. The van der Waals surface area contributed by atoms with Gasteiger partial charge in [0.05, 0.1) is 11.7 Å². The van der Waals surface area contributed by atoms with Gasteiger partial charge in [-0.2, -0.15) is 5.10 Å². The number of ether oxygens (including phenoxy) is 1. The molecule has 4 nitrogen and oxygen atoms in total. The van der Waals surface area contributed by atoms with Gasteiger partial charge in [0, 0.05) is 28.5 Å². The Kier molecular flexibility index (Phi) is 4.01. The fourth-order valence-electron chi connectivity index (χ4n) is 3.93. The molecule has 0 bridgehead atoms. The molecule has 2 aromatic rings. The Balaban J connectivity index is 1.89. The molecule has 1 aliphatic carbocycles.